The lowest BCUT2D eigenvalue weighted by atomic mass is 9.87. The van der Waals surface area contributed by atoms with Crippen LogP contribution < -0.4 is 9.47 Å². The summed E-state index contributed by atoms with van der Waals surface area (Å²) in [6, 6.07) is 16.6. The predicted octanol–water partition coefficient (Wildman–Crippen LogP) is 5.80. The second kappa shape index (κ2) is 7.89. The molecule has 25 heavy (non-hydrogen) atoms. The van der Waals surface area contributed by atoms with Crippen molar-refractivity contribution in [3.63, 3.8) is 0 Å². The number of benzene rings is 2. The molecule has 2 aromatic rings. The fourth-order valence-electron chi connectivity index (χ4n) is 3.27. The van der Waals surface area contributed by atoms with Crippen LogP contribution in [-0.4, -0.2) is 14.2 Å². The van der Waals surface area contributed by atoms with Crippen LogP contribution >= 0.6 is 0 Å². The zero-order valence-corrected chi connectivity index (χ0v) is 15.1. The number of hydrogen-bond donors (Lipinski definition) is 0. The molecule has 1 aliphatic carbocycles. The number of allylic oxidation sites excluding steroid dienone is 5. The molecule has 2 aromatic carbocycles. The van der Waals surface area contributed by atoms with E-state index in [0.717, 1.165) is 24.3 Å². The monoisotopic (exact) mass is 332 g/mol. The van der Waals surface area contributed by atoms with Crippen LogP contribution in [0.2, 0.25) is 0 Å². The summed E-state index contributed by atoms with van der Waals surface area (Å²) in [5.74, 6) is 1.75. The van der Waals surface area contributed by atoms with Crippen molar-refractivity contribution in [2.24, 2.45) is 0 Å². The molecule has 0 atom stereocenters. The molecule has 0 aliphatic heterocycles. The lowest BCUT2D eigenvalue weighted by Gasteiger charge is -2.17. The molecule has 2 heteroatoms. The Bertz CT molecular complexity index is 757. The lowest BCUT2D eigenvalue weighted by Crippen LogP contribution is -1.97. The van der Waals surface area contributed by atoms with Crippen LogP contribution in [0.4, 0.5) is 0 Å². The van der Waals surface area contributed by atoms with E-state index >= 15 is 0 Å². The van der Waals surface area contributed by atoms with Gasteiger partial charge in [-0.15, -0.1) is 0 Å². The van der Waals surface area contributed by atoms with Gasteiger partial charge >= 0.3 is 0 Å². The second-order valence-corrected chi connectivity index (χ2v) is 5.99. The van der Waals surface area contributed by atoms with Crippen molar-refractivity contribution in [2.75, 3.05) is 14.2 Å². The minimum atomic E-state index is 0.873. The smallest absolute Gasteiger partial charge is 0.118 e. The highest BCUT2D eigenvalue weighted by Gasteiger charge is 2.15. The van der Waals surface area contributed by atoms with Crippen LogP contribution in [0.1, 0.15) is 30.9 Å². The second-order valence-electron chi connectivity index (χ2n) is 5.99. The summed E-state index contributed by atoms with van der Waals surface area (Å²) in [5, 5.41) is 0. The minimum Gasteiger partial charge on any atom is -0.497 e. The Morgan fingerprint density at radius 1 is 0.840 bits per heavy atom. The normalized spacial score (nSPS) is 12.7. The Morgan fingerprint density at radius 3 is 1.72 bits per heavy atom. The molecule has 0 amide bonds. The summed E-state index contributed by atoms with van der Waals surface area (Å²) in [4.78, 5) is 0. The van der Waals surface area contributed by atoms with Crippen molar-refractivity contribution >= 4 is 5.57 Å². The molecule has 0 saturated carbocycles. The largest absolute Gasteiger partial charge is 0.497 e. The number of methoxy groups -OCH3 is 2. The van der Waals surface area contributed by atoms with Gasteiger partial charge in [0.2, 0.25) is 0 Å². The van der Waals surface area contributed by atoms with Gasteiger partial charge in [0.05, 0.1) is 14.2 Å². The van der Waals surface area contributed by atoms with Crippen LogP contribution in [0.5, 0.6) is 11.5 Å². The maximum atomic E-state index is 5.32. The van der Waals surface area contributed by atoms with Crippen LogP contribution in [0.25, 0.3) is 5.57 Å². The van der Waals surface area contributed by atoms with Crippen molar-refractivity contribution < 1.29 is 9.47 Å². The van der Waals surface area contributed by atoms with E-state index in [9.17, 15) is 0 Å². The molecular weight excluding hydrogens is 308 g/mol. The molecule has 0 N–H and O–H groups in total. The lowest BCUT2D eigenvalue weighted by molar-refractivity contribution is 0.414. The SMILES string of the molecule is CCC(C1=CC=CC1)=C(c1ccc(OC)cc1)c1ccc(OC)cc1. The molecule has 0 unspecified atom stereocenters. The molecule has 0 bridgehead atoms. The van der Waals surface area contributed by atoms with E-state index in [4.69, 9.17) is 9.47 Å². The van der Waals surface area contributed by atoms with E-state index in [0.29, 0.717) is 0 Å². The van der Waals surface area contributed by atoms with Crippen molar-refractivity contribution in [2.45, 2.75) is 19.8 Å². The van der Waals surface area contributed by atoms with Gasteiger partial charge in [0.1, 0.15) is 11.5 Å². The Kier molecular flexibility index (Phi) is 5.39. The summed E-state index contributed by atoms with van der Waals surface area (Å²) < 4.78 is 10.6. The molecule has 1 aliphatic rings. The number of ether oxygens (including phenoxy) is 2. The first-order chi connectivity index (χ1) is 12.3. The van der Waals surface area contributed by atoms with Gasteiger partial charge < -0.3 is 9.47 Å². The molecule has 2 nitrogen and oxygen atoms in total. The Labute approximate surface area is 150 Å². The van der Waals surface area contributed by atoms with E-state index in [1.165, 1.54) is 27.8 Å². The van der Waals surface area contributed by atoms with E-state index in [2.05, 4.69) is 49.4 Å². The fourth-order valence-corrected chi connectivity index (χ4v) is 3.27. The molecule has 0 heterocycles. The van der Waals surface area contributed by atoms with Crippen molar-refractivity contribution in [1.29, 1.82) is 0 Å². The van der Waals surface area contributed by atoms with Crippen molar-refractivity contribution in [1.82, 2.24) is 0 Å². The highest BCUT2D eigenvalue weighted by Crippen LogP contribution is 2.36. The van der Waals surface area contributed by atoms with Crippen LogP contribution in [0.15, 0.2) is 77.9 Å². The average molecular weight is 332 g/mol. The third-order valence-corrected chi connectivity index (χ3v) is 4.57. The molecular formula is C23H24O2. The maximum absolute atomic E-state index is 5.32. The molecule has 0 radical (unpaired) electrons. The number of rotatable bonds is 6. The fraction of sp³-hybridized carbons (Fsp3) is 0.217. The van der Waals surface area contributed by atoms with Gasteiger partial charge in [-0.25, -0.2) is 0 Å². The highest BCUT2D eigenvalue weighted by molar-refractivity contribution is 5.85. The molecule has 0 fully saturated rings. The quantitative estimate of drug-likeness (QED) is 0.665. The zero-order chi connectivity index (χ0) is 17.6. The van der Waals surface area contributed by atoms with Crippen molar-refractivity contribution in [3.8, 4) is 11.5 Å². The van der Waals surface area contributed by atoms with Gasteiger partial charge in [0.25, 0.3) is 0 Å². The van der Waals surface area contributed by atoms with E-state index in [1.54, 1.807) is 14.2 Å². The minimum absolute atomic E-state index is 0.873. The van der Waals surface area contributed by atoms with E-state index in [1.807, 2.05) is 24.3 Å². The first-order valence-electron chi connectivity index (χ1n) is 8.65. The van der Waals surface area contributed by atoms with Gasteiger partial charge in [-0.1, -0.05) is 49.4 Å². The first kappa shape index (κ1) is 17.1. The van der Waals surface area contributed by atoms with Crippen LogP contribution in [0.3, 0.4) is 0 Å². The molecule has 0 aromatic heterocycles. The van der Waals surface area contributed by atoms with Gasteiger partial charge in [-0.3, -0.25) is 0 Å². The van der Waals surface area contributed by atoms with Crippen LogP contribution in [0, 0.1) is 0 Å². The predicted molar refractivity (Wildman–Crippen MR) is 104 cm³/mol. The molecule has 128 valence electrons. The molecule has 3 rings (SSSR count). The zero-order valence-electron chi connectivity index (χ0n) is 15.1. The summed E-state index contributed by atoms with van der Waals surface area (Å²) in [7, 11) is 3.39. The third kappa shape index (κ3) is 3.69. The first-order valence-corrected chi connectivity index (χ1v) is 8.65. The molecule has 0 saturated heterocycles. The Hall–Kier alpha value is -2.74. The summed E-state index contributed by atoms with van der Waals surface area (Å²) in [6.45, 7) is 2.22. The van der Waals surface area contributed by atoms with Gasteiger partial charge in [-0.05, 0) is 65.0 Å². The summed E-state index contributed by atoms with van der Waals surface area (Å²) in [5.41, 5.74) is 6.47. The Morgan fingerprint density at radius 2 is 1.36 bits per heavy atom. The summed E-state index contributed by atoms with van der Waals surface area (Å²) >= 11 is 0. The molecule has 0 spiro atoms. The number of hydrogen-bond acceptors (Lipinski definition) is 2. The standard InChI is InChI=1S/C23H24O2/c1-4-22(17-7-5-6-8-17)23(18-9-13-20(24-2)14-10-18)19-11-15-21(25-3)16-12-19/h5-7,9-16H,4,8H2,1-3H3. The average Bonchev–Trinajstić information content (AvgIpc) is 3.21. The topological polar surface area (TPSA) is 18.5 Å². The third-order valence-electron chi connectivity index (χ3n) is 4.57. The Balaban J connectivity index is 2.15. The van der Waals surface area contributed by atoms with E-state index in [-0.39, 0.29) is 0 Å². The highest BCUT2D eigenvalue weighted by atomic mass is 16.5. The maximum Gasteiger partial charge on any atom is 0.118 e. The van der Waals surface area contributed by atoms with Gasteiger partial charge in [0.15, 0.2) is 0 Å². The van der Waals surface area contributed by atoms with E-state index < -0.39 is 0 Å². The summed E-state index contributed by atoms with van der Waals surface area (Å²) in [6.07, 6.45) is 8.57. The van der Waals surface area contributed by atoms with Gasteiger partial charge in [0, 0.05) is 0 Å². The van der Waals surface area contributed by atoms with Gasteiger partial charge in [-0.2, -0.15) is 0 Å². The van der Waals surface area contributed by atoms with Crippen molar-refractivity contribution in [3.05, 3.63) is 89.0 Å². The van der Waals surface area contributed by atoms with Crippen LogP contribution in [-0.2, 0) is 0 Å².